The summed E-state index contributed by atoms with van der Waals surface area (Å²) in [6, 6.07) is 8.86. The number of thiophene rings is 1. The quantitative estimate of drug-likeness (QED) is 0.351. The van der Waals surface area contributed by atoms with Gasteiger partial charge in [-0.3, -0.25) is 14.9 Å². The molecule has 208 valence electrons. The van der Waals surface area contributed by atoms with Crippen LogP contribution in [-0.4, -0.2) is 45.4 Å². The summed E-state index contributed by atoms with van der Waals surface area (Å²) in [6.45, 7) is 12.1. The molecule has 3 heterocycles. The third kappa shape index (κ3) is 6.65. The summed E-state index contributed by atoms with van der Waals surface area (Å²) in [6.07, 6.45) is -1.06. The highest BCUT2D eigenvalue weighted by molar-refractivity contribution is 7.14. The molecule has 1 fully saturated rings. The molecule has 2 amide bonds. The minimum absolute atomic E-state index is 0.113. The lowest BCUT2D eigenvalue weighted by Crippen LogP contribution is -2.40. The lowest BCUT2D eigenvalue weighted by Gasteiger charge is -2.33. The second-order valence-electron chi connectivity index (χ2n) is 11.0. The molecule has 1 aliphatic heterocycles. The van der Waals surface area contributed by atoms with Crippen LogP contribution in [0.5, 0.6) is 0 Å². The zero-order valence-electron chi connectivity index (χ0n) is 23.0. The molecule has 2 atom stereocenters. The lowest BCUT2D eigenvalue weighted by molar-refractivity contribution is -0.126. The van der Waals surface area contributed by atoms with Crippen molar-refractivity contribution in [2.24, 2.45) is 5.41 Å². The number of anilines is 1. The molecule has 2 N–H and O–H groups in total. The fraction of sp³-hybridized carbons (Fsp3) is 0.483. The molecule has 7 nitrogen and oxygen atoms in total. The van der Waals surface area contributed by atoms with Crippen LogP contribution in [0, 0.1) is 17.3 Å². The first-order chi connectivity index (χ1) is 18.5. The third-order valence-electron chi connectivity index (χ3n) is 7.24. The Labute approximate surface area is 232 Å². The van der Waals surface area contributed by atoms with E-state index in [0.717, 1.165) is 35.3 Å². The Morgan fingerprint density at radius 3 is 2.67 bits per heavy atom. The number of fused-ring (bicyclic) bond motifs is 1. The van der Waals surface area contributed by atoms with Crippen molar-refractivity contribution in [3.63, 3.8) is 0 Å². The van der Waals surface area contributed by atoms with Gasteiger partial charge in [0.25, 0.3) is 18.2 Å². The van der Waals surface area contributed by atoms with E-state index in [9.17, 15) is 18.4 Å². The van der Waals surface area contributed by atoms with Crippen molar-refractivity contribution >= 4 is 40.1 Å². The first-order valence-corrected chi connectivity index (χ1v) is 13.9. The van der Waals surface area contributed by atoms with E-state index in [2.05, 4.69) is 50.2 Å². The number of halogens is 2. The van der Waals surface area contributed by atoms with Gasteiger partial charge in [0, 0.05) is 25.7 Å². The van der Waals surface area contributed by atoms with Crippen LogP contribution < -0.4 is 10.6 Å². The molecule has 10 heteroatoms. The van der Waals surface area contributed by atoms with Gasteiger partial charge in [-0.2, -0.15) is 0 Å². The van der Waals surface area contributed by atoms with Gasteiger partial charge in [-0.15, -0.1) is 11.3 Å². The molecular formula is C29H35F2N5O2S. The Hall–Kier alpha value is -3.29. The molecular weight excluding hydrogens is 520 g/mol. The average molecular weight is 556 g/mol. The van der Waals surface area contributed by atoms with Crippen LogP contribution in [0.15, 0.2) is 30.3 Å². The number of amides is 2. The highest BCUT2D eigenvalue weighted by atomic mass is 32.1. The topological polar surface area (TPSA) is 79.3 Å². The fourth-order valence-corrected chi connectivity index (χ4v) is 5.34. The van der Waals surface area contributed by atoms with E-state index in [4.69, 9.17) is 4.98 Å². The van der Waals surface area contributed by atoms with Crippen LogP contribution in [0.1, 0.15) is 80.0 Å². The number of aromatic nitrogens is 2. The molecule has 4 rings (SSSR count). The van der Waals surface area contributed by atoms with Crippen LogP contribution >= 0.6 is 11.3 Å². The van der Waals surface area contributed by atoms with Gasteiger partial charge < -0.3 is 14.8 Å². The highest BCUT2D eigenvalue weighted by Gasteiger charge is 2.28. The maximum absolute atomic E-state index is 13.1. The molecule has 39 heavy (non-hydrogen) atoms. The summed E-state index contributed by atoms with van der Waals surface area (Å²) < 4.78 is 28.2. The van der Waals surface area contributed by atoms with Crippen molar-refractivity contribution in [1.29, 1.82) is 0 Å². The van der Waals surface area contributed by atoms with Crippen LogP contribution in [0.2, 0.25) is 0 Å². The molecule has 1 saturated heterocycles. The largest absolute Gasteiger partial charge is 0.330 e. The first kappa shape index (κ1) is 28.7. The zero-order chi connectivity index (χ0) is 28.3. The fourth-order valence-electron chi connectivity index (χ4n) is 4.58. The Morgan fingerprint density at radius 1 is 1.23 bits per heavy atom. The molecule has 0 saturated carbocycles. The van der Waals surface area contributed by atoms with Crippen LogP contribution in [0.3, 0.4) is 0 Å². The normalized spacial score (nSPS) is 16.7. The minimum atomic E-state index is -2.63. The Kier molecular flexibility index (Phi) is 8.72. The van der Waals surface area contributed by atoms with Gasteiger partial charge in [-0.05, 0) is 67.9 Å². The maximum atomic E-state index is 13.1. The molecule has 3 aromatic rings. The predicted octanol–water partition coefficient (Wildman–Crippen LogP) is 6.00. The van der Waals surface area contributed by atoms with Gasteiger partial charge in [0.05, 0.1) is 26.8 Å². The van der Waals surface area contributed by atoms with Crippen molar-refractivity contribution in [2.75, 3.05) is 18.4 Å². The van der Waals surface area contributed by atoms with E-state index >= 15 is 0 Å². The molecule has 2 unspecified atom stereocenters. The SMILES string of the molecule is CC#CC(=O)N1CCCC(n2c(NC(=O)c3ccc(C(F)F)s3)nc3cc(CNC(C)C(C)(C)C)ccc32)C1. The number of rotatable bonds is 7. The molecule has 2 aromatic heterocycles. The summed E-state index contributed by atoms with van der Waals surface area (Å²) in [7, 11) is 0. The maximum Gasteiger partial charge on any atom is 0.298 e. The van der Waals surface area contributed by atoms with E-state index in [1.807, 2.05) is 22.8 Å². The standard InChI is InChI=1S/C29H35F2N5O2S/c1-6-8-25(37)35-14-7-9-20(17-35)36-22-11-10-19(16-32-18(2)29(3,4)5)15-21(22)33-28(36)34-27(38)24-13-12-23(39-24)26(30)31/h10-13,15,18,20,26,32H,7,9,14,16-17H2,1-5H3,(H,33,34,38). The summed E-state index contributed by atoms with van der Waals surface area (Å²) in [5.41, 5.74) is 2.71. The number of piperidine rings is 1. The Bertz CT molecular complexity index is 1410. The number of hydrogen-bond acceptors (Lipinski definition) is 5. The number of nitrogens with zero attached hydrogens (tertiary/aromatic N) is 3. The van der Waals surface area contributed by atoms with Crippen molar-refractivity contribution in [3.8, 4) is 11.8 Å². The van der Waals surface area contributed by atoms with Gasteiger partial charge in [-0.25, -0.2) is 13.8 Å². The van der Waals surface area contributed by atoms with Gasteiger partial charge >= 0.3 is 0 Å². The second-order valence-corrected chi connectivity index (χ2v) is 12.1. The summed E-state index contributed by atoms with van der Waals surface area (Å²) >= 11 is 0.765. The first-order valence-electron chi connectivity index (χ1n) is 13.1. The number of nitrogens with one attached hydrogen (secondary N) is 2. The number of benzene rings is 1. The van der Waals surface area contributed by atoms with Crippen LogP contribution in [0.25, 0.3) is 11.0 Å². The van der Waals surface area contributed by atoms with E-state index < -0.39 is 12.3 Å². The molecule has 0 spiro atoms. The van der Waals surface area contributed by atoms with Gasteiger partial charge in [0.2, 0.25) is 5.95 Å². The lowest BCUT2D eigenvalue weighted by atomic mass is 9.88. The van der Waals surface area contributed by atoms with E-state index in [1.54, 1.807) is 11.8 Å². The van der Waals surface area contributed by atoms with Crippen LogP contribution in [0.4, 0.5) is 14.7 Å². The summed E-state index contributed by atoms with van der Waals surface area (Å²) in [4.78, 5) is 32.1. The average Bonchev–Trinajstić information content (AvgIpc) is 3.52. The van der Waals surface area contributed by atoms with Crippen molar-refractivity contribution < 1.29 is 18.4 Å². The number of carbonyl (C=O) groups is 2. The van der Waals surface area contributed by atoms with Crippen molar-refractivity contribution in [1.82, 2.24) is 19.8 Å². The molecule has 1 aromatic carbocycles. The number of carbonyl (C=O) groups excluding carboxylic acids is 2. The Morgan fingerprint density at radius 2 is 2.00 bits per heavy atom. The van der Waals surface area contributed by atoms with Gasteiger partial charge in [0.1, 0.15) is 0 Å². The van der Waals surface area contributed by atoms with Crippen molar-refractivity contribution in [3.05, 3.63) is 45.6 Å². The summed E-state index contributed by atoms with van der Waals surface area (Å²) in [5, 5.41) is 6.42. The number of imidazole rings is 1. The second kappa shape index (κ2) is 11.8. The number of hydrogen-bond donors (Lipinski definition) is 2. The van der Waals surface area contributed by atoms with E-state index in [0.29, 0.717) is 37.1 Å². The zero-order valence-corrected chi connectivity index (χ0v) is 23.8. The Balaban J connectivity index is 1.67. The third-order valence-corrected chi connectivity index (χ3v) is 8.33. The highest BCUT2D eigenvalue weighted by Crippen LogP contribution is 2.32. The monoisotopic (exact) mass is 555 g/mol. The van der Waals surface area contributed by atoms with E-state index in [1.165, 1.54) is 12.1 Å². The molecule has 0 aliphatic carbocycles. The van der Waals surface area contributed by atoms with E-state index in [-0.39, 0.29) is 27.1 Å². The van der Waals surface area contributed by atoms with Crippen molar-refractivity contribution in [2.45, 2.75) is 72.5 Å². The summed E-state index contributed by atoms with van der Waals surface area (Å²) in [5.74, 6) is 4.89. The predicted molar refractivity (Wildman–Crippen MR) is 151 cm³/mol. The molecule has 0 radical (unpaired) electrons. The smallest absolute Gasteiger partial charge is 0.298 e. The molecule has 1 aliphatic rings. The van der Waals surface area contributed by atoms with Crippen LogP contribution in [-0.2, 0) is 11.3 Å². The molecule has 0 bridgehead atoms. The minimum Gasteiger partial charge on any atom is -0.330 e. The van der Waals surface area contributed by atoms with Gasteiger partial charge in [0.15, 0.2) is 0 Å². The van der Waals surface area contributed by atoms with Gasteiger partial charge in [-0.1, -0.05) is 32.8 Å². The number of alkyl halides is 2. The number of likely N-dealkylation sites (tertiary alicyclic amines) is 1.